The molecule has 0 aromatic heterocycles. The van der Waals surface area contributed by atoms with Gasteiger partial charge in [-0.05, 0) is 56.3 Å². The van der Waals surface area contributed by atoms with Crippen molar-refractivity contribution >= 4 is 18.3 Å². The van der Waals surface area contributed by atoms with E-state index in [0.717, 1.165) is 44.1 Å². The standard InChI is InChI=1S/C17H22N2O3.ClH/c20-17(13-3-4-15-16(9-13)22-11-21-15)19-7-5-14(6-8-19)18-10-12-1-2-12;/h3-4,9,12,14,18H,1-2,5-8,10-11H2;1H. The van der Waals surface area contributed by atoms with Crippen LogP contribution in [0, 0.1) is 5.92 Å². The molecule has 1 aliphatic carbocycles. The molecule has 4 rings (SSSR count). The molecule has 0 unspecified atom stereocenters. The molecule has 0 atom stereocenters. The number of rotatable bonds is 4. The molecule has 3 aliphatic rings. The number of nitrogens with zero attached hydrogens (tertiary/aromatic N) is 1. The van der Waals surface area contributed by atoms with Crippen LogP contribution in [-0.2, 0) is 0 Å². The summed E-state index contributed by atoms with van der Waals surface area (Å²) in [4.78, 5) is 14.5. The average Bonchev–Trinajstić information content (AvgIpc) is 3.27. The first-order chi connectivity index (χ1) is 10.8. The van der Waals surface area contributed by atoms with E-state index >= 15 is 0 Å². The highest BCUT2D eigenvalue weighted by molar-refractivity contribution is 5.95. The molecule has 2 fully saturated rings. The molecular formula is C17H23ClN2O3. The molecule has 126 valence electrons. The summed E-state index contributed by atoms with van der Waals surface area (Å²) in [6, 6.07) is 6.01. The zero-order chi connectivity index (χ0) is 14.9. The third kappa shape index (κ3) is 3.72. The van der Waals surface area contributed by atoms with Crippen LogP contribution in [-0.4, -0.2) is 43.3 Å². The lowest BCUT2D eigenvalue weighted by Gasteiger charge is -2.32. The number of carbonyl (C=O) groups excluding carboxylic acids is 1. The highest BCUT2D eigenvalue weighted by atomic mass is 35.5. The van der Waals surface area contributed by atoms with Crippen LogP contribution in [0.4, 0.5) is 0 Å². The molecule has 1 amide bonds. The van der Waals surface area contributed by atoms with E-state index in [1.165, 1.54) is 12.8 Å². The fourth-order valence-electron chi connectivity index (χ4n) is 3.15. The van der Waals surface area contributed by atoms with Crippen molar-refractivity contribution in [2.75, 3.05) is 26.4 Å². The molecule has 1 saturated heterocycles. The molecule has 2 aliphatic heterocycles. The second-order valence-corrected chi connectivity index (χ2v) is 6.49. The monoisotopic (exact) mass is 338 g/mol. The molecule has 23 heavy (non-hydrogen) atoms. The number of fused-ring (bicyclic) bond motifs is 1. The Kier molecular flexibility index (Phi) is 4.97. The predicted octanol–water partition coefficient (Wildman–Crippen LogP) is 2.44. The smallest absolute Gasteiger partial charge is 0.253 e. The van der Waals surface area contributed by atoms with Crippen molar-refractivity contribution in [1.29, 1.82) is 0 Å². The number of ether oxygens (including phenoxy) is 2. The van der Waals surface area contributed by atoms with Crippen molar-refractivity contribution < 1.29 is 14.3 Å². The third-order valence-corrected chi connectivity index (χ3v) is 4.79. The number of benzene rings is 1. The number of hydrogen-bond donors (Lipinski definition) is 1. The maximum atomic E-state index is 12.6. The number of likely N-dealkylation sites (tertiary alicyclic amines) is 1. The molecule has 5 nitrogen and oxygen atoms in total. The van der Waals surface area contributed by atoms with E-state index in [9.17, 15) is 4.79 Å². The second-order valence-electron chi connectivity index (χ2n) is 6.49. The summed E-state index contributed by atoms with van der Waals surface area (Å²) in [6.07, 6.45) is 4.86. The van der Waals surface area contributed by atoms with Crippen LogP contribution < -0.4 is 14.8 Å². The zero-order valence-corrected chi connectivity index (χ0v) is 13.9. The zero-order valence-electron chi connectivity index (χ0n) is 13.1. The van der Waals surface area contributed by atoms with E-state index in [1.807, 2.05) is 17.0 Å². The molecule has 1 aromatic rings. The normalized spacial score (nSPS) is 20.3. The number of piperidine rings is 1. The van der Waals surface area contributed by atoms with Gasteiger partial charge >= 0.3 is 0 Å². The van der Waals surface area contributed by atoms with Crippen molar-refractivity contribution in [1.82, 2.24) is 10.2 Å². The van der Waals surface area contributed by atoms with Crippen LogP contribution in [0.2, 0.25) is 0 Å². The molecule has 0 bridgehead atoms. The first-order valence-electron chi connectivity index (χ1n) is 8.22. The van der Waals surface area contributed by atoms with Gasteiger partial charge in [-0.2, -0.15) is 0 Å². The lowest BCUT2D eigenvalue weighted by molar-refractivity contribution is 0.0704. The minimum absolute atomic E-state index is 0. The number of hydrogen-bond acceptors (Lipinski definition) is 4. The molecule has 1 N–H and O–H groups in total. The molecule has 6 heteroatoms. The highest BCUT2D eigenvalue weighted by Crippen LogP contribution is 2.33. The summed E-state index contributed by atoms with van der Waals surface area (Å²) in [5.74, 6) is 2.40. The molecular weight excluding hydrogens is 316 g/mol. The molecule has 2 heterocycles. The molecule has 0 spiro atoms. The fourth-order valence-corrected chi connectivity index (χ4v) is 3.15. The van der Waals surface area contributed by atoms with Gasteiger partial charge in [-0.1, -0.05) is 0 Å². The van der Waals surface area contributed by atoms with Gasteiger partial charge in [-0.25, -0.2) is 0 Å². The van der Waals surface area contributed by atoms with Gasteiger partial charge in [-0.3, -0.25) is 4.79 Å². The van der Waals surface area contributed by atoms with Crippen LogP contribution in [0.1, 0.15) is 36.0 Å². The van der Waals surface area contributed by atoms with Crippen molar-refractivity contribution in [3.05, 3.63) is 23.8 Å². The van der Waals surface area contributed by atoms with Crippen molar-refractivity contribution in [3.8, 4) is 11.5 Å². The number of amides is 1. The fraction of sp³-hybridized carbons (Fsp3) is 0.588. The van der Waals surface area contributed by atoms with Gasteiger partial charge in [0.05, 0.1) is 0 Å². The topological polar surface area (TPSA) is 50.8 Å². The van der Waals surface area contributed by atoms with E-state index in [-0.39, 0.29) is 25.1 Å². The Balaban J connectivity index is 0.00000156. The van der Waals surface area contributed by atoms with Gasteiger partial charge in [0.15, 0.2) is 11.5 Å². The minimum atomic E-state index is 0. The number of carbonyl (C=O) groups is 1. The van der Waals surface area contributed by atoms with Crippen LogP contribution >= 0.6 is 12.4 Å². The Hall–Kier alpha value is -1.46. The van der Waals surface area contributed by atoms with Gasteiger partial charge in [0.1, 0.15) is 0 Å². The largest absolute Gasteiger partial charge is 0.454 e. The SMILES string of the molecule is Cl.O=C(c1ccc2c(c1)OCO2)N1CCC(NCC2CC2)CC1. The lowest BCUT2D eigenvalue weighted by atomic mass is 10.0. The van der Waals surface area contributed by atoms with E-state index in [0.29, 0.717) is 17.4 Å². The van der Waals surface area contributed by atoms with Crippen LogP contribution in [0.5, 0.6) is 11.5 Å². The summed E-state index contributed by atoms with van der Waals surface area (Å²) in [7, 11) is 0. The summed E-state index contributed by atoms with van der Waals surface area (Å²) in [5.41, 5.74) is 0.689. The van der Waals surface area contributed by atoms with Crippen molar-refractivity contribution in [2.45, 2.75) is 31.7 Å². The minimum Gasteiger partial charge on any atom is -0.454 e. The maximum absolute atomic E-state index is 12.6. The quantitative estimate of drug-likeness (QED) is 0.916. The summed E-state index contributed by atoms with van der Waals surface area (Å²) < 4.78 is 10.6. The van der Waals surface area contributed by atoms with Gasteiger partial charge < -0.3 is 19.7 Å². The Morgan fingerprint density at radius 1 is 1.13 bits per heavy atom. The van der Waals surface area contributed by atoms with E-state index in [4.69, 9.17) is 9.47 Å². The number of nitrogens with one attached hydrogen (secondary N) is 1. The Labute approximate surface area is 142 Å². The van der Waals surface area contributed by atoms with E-state index in [2.05, 4.69) is 5.32 Å². The molecule has 1 aromatic carbocycles. The summed E-state index contributed by atoms with van der Waals surface area (Å²) in [6.45, 7) is 3.05. The second kappa shape index (κ2) is 6.97. The van der Waals surface area contributed by atoms with E-state index in [1.54, 1.807) is 6.07 Å². The van der Waals surface area contributed by atoms with Gasteiger partial charge in [0, 0.05) is 24.7 Å². The summed E-state index contributed by atoms with van der Waals surface area (Å²) >= 11 is 0. The van der Waals surface area contributed by atoms with Crippen LogP contribution in [0.25, 0.3) is 0 Å². The van der Waals surface area contributed by atoms with E-state index < -0.39 is 0 Å². The molecule has 0 radical (unpaired) electrons. The Morgan fingerprint density at radius 3 is 2.61 bits per heavy atom. The summed E-state index contributed by atoms with van der Waals surface area (Å²) in [5, 5.41) is 3.64. The van der Waals surface area contributed by atoms with Crippen LogP contribution in [0.15, 0.2) is 18.2 Å². The molecule has 1 saturated carbocycles. The highest BCUT2D eigenvalue weighted by Gasteiger charge is 2.27. The van der Waals surface area contributed by atoms with Crippen LogP contribution in [0.3, 0.4) is 0 Å². The van der Waals surface area contributed by atoms with Crippen molar-refractivity contribution in [2.24, 2.45) is 5.92 Å². The predicted molar refractivity (Wildman–Crippen MR) is 89.5 cm³/mol. The lowest BCUT2D eigenvalue weighted by Crippen LogP contribution is -2.45. The Bertz CT molecular complexity index is 569. The Morgan fingerprint density at radius 2 is 1.87 bits per heavy atom. The van der Waals surface area contributed by atoms with Gasteiger partial charge in [-0.15, -0.1) is 12.4 Å². The van der Waals surface area contributed by atoms with Gasteiger partial charge in [0.2, 0.25) is 6.79 Å². The first-order valence-corrected chi connectivity index (χ1v) is 8.22. The first kappa shape index (κ1) is 16.4. The maximum Gasteiger partial charge on any atom is 0.253 e. The average molecular weight is 339 g/mol. The third-order valence-electron chi connectivity index (χ3n) is 4.79. The number of halogens is 1. The van der Waals surface area contributed by atoms with Gasteiger partial charge in [0.25, 0.3) is 5.91 Å². The van der Waals surface area contributed by atoms with Crippen molar-refractivity contribution in [3.63, 3.8) is 0 Å².